The van der Waals surface area contributed by atoms with Gasteiger partial charge in [0.1, 0.15) is 5.69 Å². The molecule has 1 saturated heterocycles. The first-order chi connectivity index (χ1) is 9.63. The van der Waals surface area contributed by atoms with E-state index >= 15 is 0 Å². The minimum atomic E-state index is -0.340. The zero-order valence-corrected chi connectivity index (χ0v) is 12.0. The fraction of sp³-hybridized carbons (Fsp3) is 0.571. The van der Waals surface area contributed by atoms with Gasteiger partial charge in [0.2, 0.25) is 0 Å². The summed E-state index contributed by atoms with van der Waals surface area (Å²) in [6, 6.07) is 5.38. The number of hydrogen-bond donors (Lipinski definition) is 1. The molecule has 1 aromatic rings. The van der Waals surface area contributed by atoms with Gasteiger partial charge in [-0.2, -0.15) is 0 Å². The van der Waals surface area contributed by atoms with E-state index in [2.05, 4.69) is 10.2 Å². The molecule has 1 aliphatic rings. The van der Waals surface area contributed by atoms with Gasteiger partial charge in [0.05, 0.1) is 11.5 Å². The van der Waals surface area contributed by atoms with Gasteiger partial charge >= 0.3 is 0 Å². The number of hydrogen-bond acceptors (Lipinski definition) is 5. The molecule has 0 saturated carbocycles. The van der Waals surface area contributed by atoms with Gasteiger partial charge in [0.25, 0.3) is 5.69 Å². The normalized spacial score (nSPS) is 19.2. The van der Waals surface area contributed by atoms with Crippen molar-refractivity contribution in [2.45, 2.75) is 13.0 Å². The van der Waals surface area contributed by atoms with Crippen LogP contribution in [0.1, 0.15) is 12.0 Å². The van der Waals surface area contributed by atoms with E-state index in [1.807, 2.05) is 6.07 Å². The summed E-state index contributed by atoms with van der Waals surface area (Å²) in [7, 11) is 3.42. The van der Waals surface area contributed by atoms with Gasteiger partial charge in [-0.05, 0) is 30.5 Å². The van der Waals surface area contributed by atoms with Gasteiger partial charge in [0.15, 0.2) is 0 Å². The van der Waals surface area contributed by atoms with Crippen molar-refractivity contribution in [2.24, 2.45) is 5.92 Å². The highest BCUT2D eigenvalue weighted by atomic mass is 16.6. The Bertz CT molecular complexity index is 479. The van der Waals surface area contributed by atoms with Crippen molar-refractivity contribution in [3.8, 4) is 0 Å². The topological polar surface area (TPSA) is 67.6 Å². The maximum atomic E-state index is 11.0. The number of nitro benzene ring substituents is 1. The van der Waals surface area contributed by atoms with Crippen molar-refractivity contribution >= 4 is 11.4 Å². The summed E-state index contributed by atoms with van der Waals surface area (Å²) in [5, 5.41) is 13.9. The van der Waals surface area contributed by atoms with E-state index in [1.54, 1.807) is 26.3 Å². The molecule has 1 heterocycles. The lowest BCUT2D eigenvalue weighted by Crippen LogP contribution is -2.21. The maximum Gasteiger partial charge on any atom is 0.292 e. The van der Waals surface area contributed by atoms with Crippen molar-refractivity contribution < 1.29 is 9.66 Å². The third-order valence-electron chi connectivity index (χ3n) is 3.71. The summed E-state index contributed by atoms with van der Waals surface area (Å²) in [5.41, 5.74) is 1.67. The van der Waals surface area contributed by atoms with Crippen LogP contribution >= 0.6 is 0 Å². The van der Waals surface area contributed by atoms with Crippen molar-refractivity contribution in [3.63, 3.8) is 0 Å². The predicted octanol–water partition coefficient (Wildman–Crippen LogP) is 2.10. The second-order valence-electron chi connectivity index (χ2n) is 5.20. The van der Waals surface area contributed by atoms with E-state index in [0.717, 1.165) is 38.2 Å². The van der Waals surface area contributed by atoms with Crippen LogP contribution in [0.25, 0.3) is 0 Å². The van der Waals surface area contributed by atoms with Crippen LogP contribution in [-0.4, -0.2) is 43.7 Å². The molecule has 0 bridgehead atoms. The number of nitro groups is 1. The minimum Gasteiger partial charge on any atom is -0.384 e. The number of methoxy groups -OCH3 is 1. The smallest absolute Gasteiger partial charge is 0.292 e. The van der Waals surface area contributed by atoms with Gasteiger partial charge in [0, 0.05) is 33.3 Å². The van der Waals surface area contributed by atoms with Crippen LogP contribution in [0.3, 0.4) is 0 Å². The molecule has 20 heavy (non-hydrogen) atoms. The largest absolute Gasteiger partial charge is 0.384 e. The average Bonchev–Trinajstić information content (AvgIpc) is 2.86. The molecule has 0 radical (unpaired) electrons. The second kappa shape index (κ2) is 6.67. The van der Waals surface area contributed by atoms with Crippen LogP contribution in [0.2, 0.25) is 0 Å². The highest BCUT2D eigenvalue weighted by Gasteiger charge is 2.23. The van der Waals surface area contributed by atoms with Crippen molar-refractivity contribution in [1.82, 2.24) is 4.90 Å². The molecule has 1 unspecified atom stereocenters. The third kappa shape index (κ3) is 3.46. The average molecular weight is 279 g/mol. The van der Waals surface area contributed by atoms with Gasteiger partial charge in [-0.15, -0.1) is 0 Å². The summed E-state index contributed by atoms with van der Waals surface area (Å²) in [4.78, 5) is 13.0. The number of nitrogens with one attached hydrogen (secondary N) is 1. The zero-order valence-electron chi connectivity index (χ0n) is 12.0. The monoisotopic (exact) mass is 279 g/mol. The number of ether oxygens (including phenoxy) is 1. The van der Waals surface area contributed by atoms with Gasteiger partial charge in [-0.1, -0.05) is 6.07 Å². The first-order valence-electron chi connectivity index (χ1n) is 6.80. The summed E-state index contributed by atoms with van der Waals surface area (Å²) in [6.45, 7) is 3.56. The molecule has 1 atom stereocenters. The molecule has 0 aromatic heterocycles. The molecule has 6 nitrogen and oxygen atoms in total. The van der Waals surface area contributed by atoms with Gasteiger partial charge in [-0.3, -0.25) is 15.0 Å². The van der Waals surface area contributed by atoms with E-state index in [4.69, 9.17) is 4.74 Å². The molecule has 2 rings (SSSR count). The lowest BCUT2D eigenvalue weighted by atomic mass is 10.1. The van der Waals surface area contributed by atoms with Crippen molar-refractivity contribution in [3.05, 3.63) is 33.9 Å². The third-order valence-corrected chi connectivity index (χ3v) is 3.71. The fourth-order valence-electron chi connectivity index (χ4n) is 2.72. The minimum absolute atomic E-state index is 0.137. The Labute approximate surface area is 118 Å². The van der Waals surface area contributed by atoms with Gasteiger partial charge < -0.3 is 10.1 Å². The Balaban J connectivity index is 2.03. The molecule has 1 aliphatic heterocycles. The lowest BCUT2D eigenvalue weighted by Gasteiger charge is -2.16. The molecular formula is C14H21N3O3. The Kier molecular flexibility index (Phi) is 4.92. The first-order valence-corrected chi connectivity index (χ1v) is 6.80. The molecular weight excluding hydrogens is 258 g/mol. The van der Waals surface area contributed by atoms with E-state index in [-0.39, 0.29) is 10.6 Å². The quantitative estimate of drug-likeness (QED) is 0.638. The number of benzene rings is 1. The molecule has 110 valence electrons. The number of anilines is 1. The number of likely N-dealkylation sites (tertiary alicyclic amines) is 1. The second-order valence-corrected chi connectivity index (χ2v) is 5.20. The molecule has 0 spiro atoms. The molecule has 6 heteroatoms. The number of rotatable bonds is 6. The standard InChI is InChI=1S/C14H21N3O3/c1-15-13-4-3-11(7-14(13)17(18)19)8-16-6-5-12(9-16)10-20-2/h3-4,7,12,15H,5-6,8-10H2,1-2H3. The predicted molar refractivity (Wildman–Crippen MR) is 77.9 cm³/mol. The highest BCUT2D eigenvalue weighted by Crippen LogP contribution is 2.26. The van der Waals surface area contributed by atoms with Crippen LogP contribution in [0.4, 0.5) is 11.4 Å². The van der Waals surface area contributed by atoms with E-state index in [1.165, 1.54) is 0 Å². The van der Waals surface area contributed by atoms with Crippen LogP contribution in [-0.2, 0) is 11.3 Å². The van der Waals surface area contributed by atoms with E-state index < -0.39 is 0 Å². The molecule has 1 fully saturated rings. The van der Waals surface area contributed by atoms with Crippen LogP contribution in [0, 0.1) is 16.0 Å². The summed E-state index contributed by atoms with van der Waals surface area (Å²) in [6.07, 6.45) is 1.13. The molecule has 1 N–H and O–H groups in total. The summed E-state index contributed by atoms with van der Waals surface area (Å²) >= 11 is 0. The van der Waals surface area contributed by atoms with Crippen LogP contribution < -0.4 is 5.32 Å². The first kappa shape index (κ1) is 14.7. The molecule has 0 amide bonds. The SMILES string of the molecule is CNc1ccc(CN2CCC(COC)C2)cc1[N+](=O)[O-]. The number of nitrogens with zero attached hydrogens (tertiary/aromatic N) is 2. The molecule has 1 aromatic carbocycles. The van der Waals surface area contributed by atoms with E-state index in [9.17, 15) is 10.1 Å². The van der Waals surface area contributed by atoms with Crippen molar-refractivity contribution in [1.29, 1.82) is 0 Å². The molecule has 0 aliphatic carbocycles. The Morgan fingerprint density at radius 2 is 2.35 bits per heavy atom. The fourth-order valence-corrected chi connectivity index (χ4v) is 2.72. The highest BCUT2D eigenvalue weighted by molar-refractivity contribution is 5.62. The van der Waals surface area contributed by atoms with E-state index in [0.29, 0.717) is 11.6 Å². The Morgan fingerprint density at radius 1 is 1.55 bits per heavy atom. The van der Waals surface area contributed by atoms with Crippen LogP contribution in [0.5, 0.6) is 0 Å². The summed E-state index contributed by atoms with van der Waals surface area (Å²) < 4.78 is 5.18. The lowest BCUT2D eigenvalue weighted by molar-refractivity contribution is -0.384. The summed E-state index contributed by atoms with van der Waals surface area (Å²) in [5.74, 6) is 0.576. The van der Waals surface area contributed by atoms with Crippen molar-refractivity contribution in [2.75, 3.05) is 39.2 Å². The Hall–Kier alpha value is -1.66. The Morgan fingerprint density at radius 3 is 3.00 bits per heavy atom. The maximum absolute atomic E-state index is 11.0. The zero-order chi connectivity index (χ0) is 14.5. The van der Waals surface area contributed by atoms with Crippen LogP contribution in [0.15, 0.2) is 18.2 Å². The van der Waals surface area contributed by atoms with Gasteiger partial charge in [-0.25, -0.2) is 0 Å².